The SMILES string of the molecule is CCC1OC(=O)/C=C\[C@H](C)[C@@H](O[C@@H]2OC(C)C[C@H](N(C)C)[C@H]2O)[C@@H](C)C[C@@H](C)C(=O)/C=C\C=C/[C@]1(O)CO[C@@H]1O[C@H](C)[C@@H](O)[C@@H](O)[C@H]1O. The molecule has 2 saturated heterocycles. The summed E-state index contributed by atoms with van der Waals surface area (Å²) < 4.78 is 29.4. The van der Waals surface area contributed by atoms with Crippen LogP contribution < -0.4 is 0 Å². The van der Waals surface area contributed by atoms with Gasteiger partial charge in [0.15, 0.2) is 18.4 Å². The van der Waals surface area contributed by atoms with Gasteiger partial charge in [0.2, 0.25) is 0 Å². The zero-order valence-corrected chi connectivity index (χ0v) is 29.4. The lowest BCUT2D eigenvalue weighted by molar-refractivity contribution is -0.302. The molecule has 0 aromatic rings. The maximum Gasteiger partial charge on any atom is 0.330 e. The Balaban J connectivity index is 1.88. The predicted molar refractivity (Wildman–Crippen MR) is 175 cm³/mol. The molecule has 0 bridgehead atoms. The van der Waals surface area contributed by atoms with Crippen molar-refractivity contribution in [2.24, 2.45) is 17.8 Å². The second kappa shape index (κ2) is 17.8. The first-order valence-electron chi connectivity index (χ1n) is 17.0. The Hall–Kier alpha value is -2.04. The molecule has 3 heterocycles. The maximum absolute atomic E-state index is 13.2. The molecule has 2 unspecified atom stereocenters. The molecule has 0 spiro atoms. The summed E-state index contributed by atoms with van der Waals surface area (Å²) in [7, 11) is 3.79. The number of ketones is 1. The van der Waals surface area contributed by atoms with E-state index in [1.807, 2.05) is 46.7 Å². The molecule has 0 radical (unpaired) electrons. The van der Waals surface area contributed by atoms with Crippen LogP contribution in [-0.4, -0.2) is 136 Å². The zero-order valence-electron chi connectivity index (χ0n) is 29.4. The number of likely N-dealkylation sites (N-methyl/N-ethyl adjacent to an activating group) is 1. The van der Waals surface area contributed by atoms with E-state index in [9.17, 15) is 35.1 Å². The largest absolute Gasteiger partial charge is 0.456 e. The highest BCUT2D eigenvalue weighted by Crippen LogP contribution is 2.32. The number of esters is 1. The Morgan fingerprint density at radius 1 is 0.896 bits per heavy atom. The van der Waals surface area contributed by atoms with E-state index in [0.29, 0.717) is 12.8 Å². The number of ether oxygens (including phenoxy) is 5. The third kappa shape index (κ3) is 10.3. The summed E-state index contributed by atoms with van der Waals surface area (Å²) in [5, 5.41) is 53.5. The van der Waals surface area contributed by atoms with Crippen molar-refractivity contribution in [2.75, 3.05) is 20.7 Å². The molecule has 13 nitrogen and oxygen atoms in total. The molecule has 274 valence electrons. The van der Waals surface area contributed by atoms with Gasteiger partial charge in [0, 0.05) is 24.0 Å². The van der Waals surface area contributed by atoms with Gasteiger partial charge < -0.3 is 54.1 Å². The molecule has 0 amide bonds. The monoisotopic (exact) mass is 683 g/mol. The number of cyclic esters (lactones) is 1. The Morgan fingerprint density at radius 2 is 1.58 bits per heavy atom. The van der Waals surface area contributed by atoms with E-state index in [1.54, 1.807) is 13.0 Å². The lowest BCUT2D eigenvalue weighted by Crippen LogP contribution is -2.58. The minimum Gasteiger partial charge on any atom is -0.456 e. The standard InChI is InChI=1S/C35H57NO12/c1-9-26-35(43,18-44-33-31(42)30(41)28(39)23(6)46-33)15-11-10-12-25(37)20(3)16-21(4)32(19(2)13-14-27(38)47-26)48-34-29(40)24(36(7)8)17-22(5)45-34/h10-15,19-24,26,28-34,39-43H,9,16-18H2,1-8H3/b12-10-,14-13-,15-11-/t19-,20+,21-,22?,23+,24-,26?,28+,29+,30+,31+,32+,33+,34-,35-/m0/s1. The number of hydrogen-bond acceptors (Lipinski definition) is 13. The molecular weight excluding hydrogens is 626 g/mol. The van der Waals surface area contributed by atoms with Gasteiger partial charge in [-0.15, -0.1) is 0 Å². The smallest absolute Gasteiger partial charge is 0.330 e. The highest BCUT2D eigenvalue weighted by molar-refractivity contribution is 5.91. The normalized spacial score (nSPS) is 45.8. The van der Waals surface area contributed by atoms with Gasteiger partial charge in [0.1, 0.15) is 36.1 Å². The number of carbonyl (C=O) groups is 2. The van der Waals surface area contributed by atoms with Crippen molar-refractivity contribution in [1.82, 2.24) is 4.90 Å². The first kappa shape index (κ1) is 40.4. The average Bonchev–Trinajstić information content (AvgIpc) is 3.03. The molecule has 3 rings (SSSR count). The van der Waals surface area contributed by atoms with E-state index >= 15 is 0 Å². The number of aliphatic hydroxyl groups is 5. The second-order valence-corrected chi connectivity index (χ2v) is 13.9. The van der Waals surface area contributed by atoms with E-state index in [-0.39, 0.29) is 36.2 Å². The molecule has 0 aromatic carbocycles. The van der Waals surface area contributed by atoms with Crippen molar-refractivity contribution < 1.29 is 58.8 Å². The molecular formula is C35H57NO12. The van der Waals surface area contributed by atoms with Gasteiger partial charge in [0.05, 0.1) is 24.9 Å². The van der Waals surface area contributed by atoms with Crippen molar-refractivity contribution in [2.45, 2.75) is 134 Å². The number of allylic oxidation sites excluding steroid dienone is 3. The van der Waals surface area contributed by atoms with Gasteiger partial charge >= 0.3 is 5.97 Å². The molecule has 15 atom stereocenters. The number of carbonyl (C=O) groups excluding carboxylic acids is 2. The highest BCUT2D eigenvalue weighted by atomic mass is 16.7. The van der Waals surface area contributed by atoms with Crippen LogP contribution in [0.15, 0.2) is 36.5 Å². The molecule has 0 saturated carbocycles. The summed E-state index contributed by atoms with van der Waals surface area (Å²) in [6.07, 6.45) is -0.557. The first-order valence-corrected chi connectivity index (χ1v) is 17.0. The molecule has 13 heteroatoms. The lowest BCUT2D eigenvalue weighted by Gasteiger charge is -2.43. The van der Waals surface area contributed by atoms with Crippen molar-refractivity contribution in [1.29, 1.82) is 0 Å². The molecule has 3 aliphatic rings. The van der Waals surface area contributed by atoms with Crippen LogP contribution in [0.4, 0.5) is 0 Å². The fourth-order valence-electron chi connectivity index (χ4n) is 6.60. The summed E-state index contributed by atoms with van der Waals surface area (Å²) in [5.41, 5.74) is -1.94. The Labute approximate surface area is 284 Å². The van der Waals surface area contributed by atoms with Gasteiger partial charge in [-0.05, 0) is 65.3 Å². The van der Waals surface area contributed by atoms with Crippen LogP contribution >= 0.6 is 0 Å². The maximum atomic E-state index is 13.2. The van der Waals surface area contributed by atoms with Gasteiger partial charge in [-0.3, -0.25) is 4.79 Å². The van der Waals surface area contributed by atoms with E-state index in [4.69, 9.17) is 23.7 Å². The third-order valence-electron chi connectivity index (χ3n) is 9.62. The molecule has 5 N–H and O–H groups in total. The average molecular weight is 684 g/mol. The number of rotatable bonds is 7. The summed E-state index contributed by atoms with van der Waals surface area (Å²) in [6, 6.07) is -0.179. The second-order valence-electron chi connectivity index (χ2n) is 13.9. The van der Waals surface area contributed by atoms with Crippen LogP contribution in [0.5, 0.6) is 0 Å². The fraction of sp³-hybridized carbons (Fsp3) is 0.771. The predicted octanol–water partition coefficient (Wildman–Crippen LogP) is 1.24. The van der Waals surface area contributed by atoms with Crippen LogP contribution in [0, 0.1) is 17.8 Å². The fourth-order valence-corrected chi connectivity index (χ4v) is 6.60. The van der Waals surface area contributed by atoms with Crippen LogP contribution in [0.25, 0.3) is 0 Å². The van der Waals surface area contributed by atoms with Crippen LogP contribution in [-0.2, 0) is 33.3 Å². The molecule has 0 aromatic heterocycles. The molecule has 48 heavy (non-hydrogen) atoms. The number of hydrogen-bond donors (Lipinski definition) is 5. The molecule has 0 aliphatic carbocycles. The Kier molecular flexibility index (Phi) is 14.9. The summed E-state index contributed by atoms with van der Waals surface area (Å²) >= 11 is 0. The quantitative estimate of drug-likeness (QED) is 0.242. The number of aliphatic hydroxyl groups excluding tert-OH is 4. The van der Waals surface area contributed by atoms with Crippen molar-refractivity contribution in [3.05, 3.63) is 36.5 Å². The highest BCUT2D eigenvalue weighted by Gasteiger charge is 2.45. The van der Waals surface area contributed by atoms with Crippen LogP contribution in [0.3, 0.4) is 0 Å². The van der Waals surface area contributed by atoms with Crippen molar-refractivity contribution in [3.8, 4) is 0 Å². The summed E-state index contributed by atoms with van der Waals surface area (Å²) in [6.45, 7) is 10.3. The van der Waals surface area contributed by atoms with E-state index in [2.05, 4.69) is 0 Å². The Morgan fingerprint density at radius 3 is 2.23 bits per heavy atom. The minimum atomic E-state index is -1.94. The van der Waals surface area contributed by atoms with E-state index < -0.39 is 79.4 Å². The summed E-state index contributed by atoms with van der Waals surface area (Å²) in [4.78, 5) is 28.2. The van der Waals surface area contributed by atoms with Crippen molar-refractivity contribution in [3.63, 3.8) is 0 Å². The van der Waals surface area contributed by atoms with Crippen LogP contribution in [0.1, 0.15) is 60.8 Å². The van der Waals surface area contributed by atoms with Gasteiger partial charge in [-0.2, -0.15) is 0 Å². The molecule has 3 aliphatic heterocycles. The minimum absolute atomic E-state index is 0.144. The Bertz CT molecular complexity index is 1140. The van der Waals surface area contributed by atoms with E-state index in [1.165, 1.54) is 37.3 Å². The number of nitrogens with zero attached hydrogens (tertiary/aromatic N) is 1. The summed E-state index contributed by atoms with van der Waals surface area (Å²) in [5.74, 6) is -1.81. The lowest BCUT2D eigenvalue weighted by atomic mass is 9.84. The zero-order chi connectivity index (χ0) is 35.9. The van der Waals surface area contributed by atoms with Gasteiger partial charge in [0.25, 0.3) is 0 Å². The van der Waals surface area contributed by atoms with E-state index in [0.717, 1.165) is 0 Å². The van der Waals surface area contributed by atoms with Gasteiger partial charge in [-0.25, -0.2) is 4.79 Å². The van der Waals surface area contributed by atoms with Crippen molar-refractivity contribution >= 4 is 11.8 Å². The molecule has 2 fully saturated rings. The topological polar surface area (TPSA) is 185 Å². The first-order chi connectivity index (χ1) is 22.5. The van der Waals surface area contributed by atoms with Crippen LogP contribution in [0.2, 0.25) is 0 Å². The third-order valence-corrected chi connectivity index (χ3v) is 9.62. The van der Waals surface area contributed by atoms with Gasteiger partial charge in [-0.1, -0.05) is 45.9 Å².